The fourth-order valence-electron chi connectivity index (χ4n) is 1.51. The lowest BCUT2D eigenvalue weighted by Crippen LogP contribution is -2.32. The summed E-state index contributed by atoms with van der Waals surface area (Å²) in [7, 11) is 0. The molecule has 3 N–H and O–H groups in total. The van der Waals surface area contributed by atoms with Crippen molar-refractivity contribution < 1.29 is 9.90 Å². The Morgan fingerprint density at radius 1 is 1.22 bits per heavy atom. The lowest BCUT2D eigenvalue weighted by molar-refractivity contribution is 0.0953. The number of hydrogen-bond donors (Lipinski definition) is 3. The Kier molecular flexibility index (Phi) is 6.39. The van der Waals surface area contributed by atoms with Crippen molar-refractivity contribution >= 4 is 5.91 Å². The highest BCUT2D eigenvalue weighted by Gasteiger charge is 2.03. The molecule has 0 aliphatic carbocycles. The van der Waals surface area contributed by atoms with Gasteiger partial charge in [-0.05, 0) is 38.9 Å². The van der Waals surface area contributed by atoms with Gasteiger partial charge in [0.25, 0.3) is 5.91 Å². The van der Waals surface area contributed by atoms with Gasteiger partial charge in [-0.25, -0.2) is 0 Å². The molecule has 18 heavy (non-hydrogen) atoms. The van der Waals surface area contributed by atoms with Gasteiger partial charge >= 0.3 is 0 Å². The van der Waals surface area contributed by atoms with Gasteiger partial charge in [0.05, 0.1) is 6.10 Å². The number of carbonyl (C=O) groups excluding carboxylic acids is 1. The molecular formula is C14H22N2O2. The van der Waals surface area contributed by atoms with Crippen LogP contribution >= 0.6 is 0 Å². The van der Waals surface area contributed by atoms with Crippen LogP contribution in [0.5, 0.6) is 0 Å². The summed E-state index contributed by atoms with van der Waals surface area (Å²) in [4.78, 5) is 11.7. The van der Waals surface area contributed by atoms with Crippen LogP contribution in [0.15, 0.2) is 24.3 Å². The summed E-state index contributed by atoms with van der Waals surface area (Å²) in [6.07, 6.45) is 0.450. The van der Waals surface area contributed by atoms with Gasteiger partial charge in [-0.2, -0.15) is 0 Å². The second-order valence-corrected chi connectivity index (χ2v) is 4.51. The van der Waals surface area contributed by atoms with Crippen LogP contribution in [-0.2, 0) is 0 Å². The highest BCUT2D eigenvalue weighted by atomic mass is 16.3. The monoisotopic (exact) mass is 250 g/mol. The summed E-state index contributed by atoms with van der Waals surface area (Å²) in [5, 5.41) is 15.1. The molecule has 1 aromatic rings. The highest BCUT2D eigenvalue weighted by Crippen LogP contribution is 2.02. The van der Waals surface area contributed by atoms with Crippen molar-refractivity contribution in [3.05, 3.63) is 35.4 Å². The maximum Gasteiger partial charge on any atom is 0.251 e. The molecule has 4 heteroatoms. The molecule has 100 valence electrons. The average molecular weight is 250 g/mol. The zero-order chi connectivity index (χ0) is 13.4. The number of aliphatic hydroxyl groups excluding tert-OH is 1. The zero-order valence-electron chi connectivity index (χ0n) is 11.1. The van der Waals surface area contributed by atoms with Crippen LogP contribution in [0.2, 0.25) is 0 Å². The first-order chi connectivity index (χ1) is 8.59. The van der Waals surface area contributed by atoms with Crippen molar-refractivity contribution in [2.24, 2.45) is 0 Å². The Bertz CT molecular complexity index is 361. The van der Waals surface area contributed by atoms with Crippen LogP contribution in [0.1, 0.15) is 29.3 Å². The fourth-order valence-corrected chi connectivity index (χ4v) is 1.51. The van der Waals surface area contributed by atoms with E-state index in [1.54, 1.807) is 6.92 Å². The average Bonchev–Trinajstić information content (AvgIpc) is 2.34. The summed E-state index contributed by atoms with van der Waals surface area (Å²) in [6.45, 7) is 5.82. The first-order valence-corrected chi connectivity index (χ1v) is 6.33. The van der Waals surface area contributed by atoms with Crippen LogP contribution in [0, 0.1) is 6.92 Å². The normalized spacial score (nSPS) is 12.2. The maximum atomic E-state index is 11.7. The summed E-state index contributed by atoms with van der Waals surface area (Å²) in [5.74, 6) is -0.0488. The number of hydrogen-bond acceptors (Lipinski definition) is 3. The SMILES string of the molecule is Cc1ccc(C(=O)NCCNCCC(C)O)cc1. The molecule has 0 heterocycles. The first-order valence-electron chi connectivity index (χ1n) is 6.33. The smallest absolute Gasteiger partial charge is 0.251 e. The van der Waals surface area contributed by atoms with Crippen molar-refractivity contribution in [2.45, 2.75) is 26.4 Å². The lowest BCUT2D eigenvalue weighted by Gasteiger charge is -2.08. The standard InChI is InChI=1S/C14H22N2O2/c1-11-3-5-13(6-4-11)14(18)16-10-9-15-8-7-12(2)17/h3-6,12,15,17H,7-10H2,1-2H3,(H,16,18). The van der Waals surface area contributed by atoms with Gasteiger partial charge < -0.3 is 15.7 Å². The molecule has 0 aromatic heterocycles. The molecular weight excluding hydrogens is 228 g/mol. The predicted octanol–water partition coefficient (Wildman–Crippen LogP) is 1.09. The highest BCUT2D eigenvalue weighted by molar-refractivity contribution is 5.94. The molecule has 4 nitrogen and oxygen atoms in total. The van der Waals surface area contributed by atoms with Crippen molar-refractivity contribution in [3.8, 4) is 0 Å². The van der Waals surface area contributed by atoms with E-state index < -0.39 is 0 Å². The third-order valence-electron chi connectivity index (χ3n) is 2.64. The van der Waals surface area contributed by atoms with Gasteiger partial charge in [0.2, 0.25) is 0 Å². The number of nitrogens with one attached hydrogen (secondary N) is 2. The molecule has 0 fully saturated rings. The molecule has 0 aliphatic rings. The molecule has 1 atom stereocenters. The number of rotatable bonds is 7. The van der Waals surface area contributed by atoms with E-state index in [1.165, 1.54) is 0 Å². The number of carbonyl (C=O) groups is 1. The minimum Gasteiger partial charge on any atom is -0.393 e. The molecule has 1 rings (SSSR count). The molecule has 0 saturated carbocycles. The third kappa shape index (κ3) is 5.80. The van der Waals surface area contributed by atoms with Crippen molar-refractivity contribution in [1.29, 1.82) is 0 Å². The Hall–Kier alpha value is -1.39. The van der Waals surface area contributed by atoms with E-state index in [0.29, 0.717) is 18.7 Å². The van der Waals surface area contributed by atoms with Crippen molar-refractivity contribution in [1.82, 2.24) is 10.6 Å². The Labute approximate surface area is 108 Å². The van der Waals surface area contributed by atoms with E-state index in [1.807, 2.05) is 31.2 Å². The number of aryl methyl sites for hydroxylation is 1. The van der Waals surface area contributed by atoms with Gasteiger partial charge in [0, 0.05) is 18.7 Å². The van der Waals surface area contributed by atoms with Gasteiger partial charge in [-0.3, -0.25) is 4.79 Å². The van der Waals surface area contributed by atoms with Crippen molar-refractivity contribution in [3.63, 3.8) is 0 Å². The molecule has 0 bridgehead atoms. The predicted molar refractivity (Wildman–Crippen MR) is 72.7 cm³/mol. The fraction of sp³-hybridized carbons (Fsp3) is 0.500. The zero-order valence-corrected chi connectivity index (χ0v) is 11.1. The van der Waals surface area contributed by atoms with Gasteiger partial charge in [0.15, 0.2) is 0 Å². The number of amides is 1. The number of aliphatic hydroxyl groups is 1. The van der Waals surface area contributed by atoms with E-state index in [9.17, 15) is 4.79 Å². The molecule has 1 unspecified atom stereocenters. The van der Waals surface area contributed by atoms with Crippen LogP contribution in [0.4, 0.5) is 0 Å². The summed E-state index contributed by atoms with van der Waals surface area (Å²) in [5.41, 5.74) is 1.83. The molecule has 0 saturated heterocycles. The van der Waals surface area contributed by atoms with Gasteiger partial charge in [-0.1, -0.05) is 17.7 Å². The third-order valence-corrected chi connectivity index (χ3v) is 2.64. The second-order valence-electron chi connectivity index (χ2n) is 4.51. The first kappa shape index (κ1) is 14.7. The van der Waals surface area contributed by atoms with Crippen LogP contribution in [-0.4, -0.2) is 36.8 Å². The van der Waals surface area contributed by atoms with Crippen LogP contribution < -0.4 is 10.6 Å². The maximum absolute atomic E-state index is 11.7. The van der Waals surface area contributed by atoms with E-state index >= 15 is 0 Å². The summed E-state index contributed by atoms with van der Waals surface area (Å²) in [6, 6.07) is 7.50. The quantitative estimate of drug-likeness (QED) is 0.635. The van der Waals surface area contributed by atoms with Crippen molar-refractivity contribution in [2.75, 3.05) is 19.6 Å². The minimum atomic E-state index is -0.278. The van der Waals surface area contributed by atoms with E-state index in [4.69, 9.17) is 5.11 Å². The topological polar surface area (TPSA) is 61.4 Å². The van der Waals surface area contributed by atoms with Crippen LogP contribution in [0.3, 0.4) is 0 Å². The second kappa shape index (κ2) is 7.84. The van der Waals surface area contributed by atoms with E-state index in [2.05, 4.69) is 10.6 Å². The minimum absolute atomic E-state index is 0.0488. The summed E-state index contributed by atoms with van der Waals surface area (Å²) >= 11 is 0. The number of benzene rings is 1. The molecule has 1 aromatic carbocycles. The van der Waals surface area contributed by atoms with E-state index in [-0.39, 0.29) is 12.0 Å². The Morgan fingerprint density at radius 3 is 2.50 bits per heavy atom. The summed E-state index contributed by atoms with van der Waals surface area (Å²) < 4.78 is 0. The van der Waals surface area contributed by atoms with Gasteiger partial charge in [0.1, 0.15) is 0 Å². The molecule has 0 spiro atoms. The largest absolute Gasteiger partial charge is 0.393 e. The van der Waals surface area contributed by atoms with E-state index in [0.717, 1.165) is 18.5 Å². The lowest BCUT2D eigenvalue weighted by atomic mass is 10.1. The Balaban J connectivity index is 2.16. The molecule has 1 amide bonds. The molecule has 0 aliphatic heterocycles. The Morgan fingerprint density at radius 2 is 1.89 bits per heavy atom. The van der Waals surface area contributed by atoms with Gasteiger partial charge in [-0.15, -0.1) is 0 Å². The molecule has 0 radical (unpaired) electrons. The van der Waals surface area contributed by atoms with Crippen LogP contribution in [0.25, 0.3) is 0 Å².